The quantitative estimate of drug-likeness (QED) is 0.552. The maximum absolute atomic E-state index is 4.01. The molecular weight excluding hydrogens is 196 g/mol. The van der Waals surface area contributed by atoms with Crippen molar-refractivity contribution < 1.29 is 0 Å². The van der Waals surface area contributed by atoms with Crippen LogP contribution in [0, 0.1) is 11.8 Å². The fourth-order valence-electron chi connectivity index (χ4n) is 1.18. The highest BCUT2D eigenvalue weighted by molar-refractivity contribution is 7.98. The summed E-state index contributed by atoms with van der Waals surface area (Å²) in [4.78, 5) is 0. The van der Waals surface area contributed by atoms with E-state index in [1.54, 1.807) is 11.8 Å². The van der Waals surface area contributed by atoms with Gasteiger partial charge in [-0.2, -0.15) is 0 Å². The Balaban J connectivity index is 1.87. The summed E-state index contributed by atoms with van der Waals surface area (Å²) < 4.78 is 1.95. The first kappa shape index (κ1) is 9.53. The van der Waals surface area contributed by atoms with E-state index in [9.17, 15) is 0 Å². The second kappa shape index (κ2) is 4.47. The fraction of sp³-hybridized carbons (Fsp3) is 0.667. The molecule has 0 bridgehead atoms. The van der Waals surface area contributed by atoms with Crippen LogP contribution < -0.4 is 0 Å². The highest BCUT2D eigenvalue weighted by Gasteiger charge is 2.27. The molecule has 0 amide bonds. The highest BCUT2D eigenvalue weighted by Crippen LogP contribution is 2.34. The summed E-state index contributed by atoms with van der Waals surface area (Å²) in [6.07, 6.45) is 2.44. The maximum atomic E-state index is 4.01. The summed E-state index contributed by atoms with van der Waals surface area (Å²) in [7, 11) is 0. The van der Waals surface area contributed by atoms with E-state index < -0.39 is 0 Å². The molecule has 0 radical (unpaired) electrons. The van der Waals surface area contributed by atoms with Crippen molar-refractivity contribution in [1.29, 1.82) is 0 Å². The van der Waals surface area contributed by atoms with Gasteiger partial charge in [0, 0.05) is 0 Å². The SMILES string of the molecule is CC#CCSCc1nnnn1C1CC1. The third kappa shape index (κ3) is 2.26. The van der Waals surface area contributed by atoms with Crippen molar-refractivity contribution in [3.63, 3.8) is 0 Å². The average Bonchev–Trinajstić information content (AvgIpc) is 2.94. The maximum Gasteiger partial charge on any atom is 0.161 e. The Hall–Kier alpha value is -1.02. The van der Waals surface area contributed by atoms with Crippen LogP contribution in [0.25, 0.3) is 0 Å². The van der Waals surface area contributed by atoms with E-state index in [1.807, 2.05) is 11.6 Å². The third-order valence-corrected chi connectivity index (χ3v) is 2.85. The van der Waals surface area contributed by atoms with Gasteiger partial charge in [0.1, 0.15) is 0 Å². The van der Waals surface area contributed by atoms with Crippen molar-refractivity contribution in [2.45, 2.75) is 31.6 Å². The van der Waals surface area contributed by atoms with Gasteiger partial charge in [-0.1, -0.05) is 5.92 Å². The average molecular weight is 208 g/mol. The van der Waals surface area contributed by atoms with Gasteiger partial charge in [0.05, 0.1) is 17.5 Å². The Kier molecular flexibility index (Phi) is 3.04. The molecule has 1 aliphatic carbocycles. The Morgan fingerprint density at radius 1 is 1.57 bits per heavy atom. The van der Waals surface area contributed by atoms with Gasteiger partial charge in [-0.25, -0.2) is 4.68 Å². The van der Waals surface area contributed by atoms with Crippen LogP contribution in [0.1, 0.15) is 31.6 Å². The Labute approximate surface area is 87.5 Å². The lowest BCUT2D eigenvalue weighted by molar-refractivity contribution is 0.593. The first-order valence-corrected chi connectivity index (χ1v) is 5.81. The van der Waals surface area contributed by atoms with Crippen LogP contribution in [0.4, 0.5) is 0 Å². The molecular formula is C9H12N4S. The summed E-state index contributed by atoms with van der Waals surface area (Å²) in [6, 6.07) is 0.567. The number of nitrogens with zero attached hydrogens (tertiary/aromatic N) is 4. The molecule has 5 heteroatoms. The van der Waals surface area contributed by atoms with Crippen LogP contribution in [0.5, 0.6) is 0 Å². The monoisotopic (exact) mass is 208 g/mol. The first-order chi connectivity index (χ1) is 6.92. The minimum Gasteiger partial charge on any atom is -0.226 e. The second-order valence-electron chi connectivity index (χ2n) is 3.19. The second-order valence-corrected chi connectivity index (χ2v) is 4.18. The van der Waals surface area contributed by atoms with Gasteiger partial charge in [-0.3, -0.25) is 0 Å². The van der Waals surface area contributed by atoms with Crippen molar-refractivity contribution in [3.8, 4) is 11.8 Å². The standard InChI is InChI=1S/C9H12N4S/c1-2-3-6-14-7-9-10-11-12-13(9)8-4-5-8/h8H,4-7H2,1H3. The largest absolute Gasteiger partial charge is 0.226 e. The number of rotatable bonds is 4. The van der Waals surface area contributed by atoms with Crippen LogP contribution in [-0.4, -0.2) is 26.0 Å². The molecule has 1 aliphatic rings. The number of hydrogen-bond acceptors (Lipinski definition) is 4. The summed E-state index contributed by atoms with van der Waals surface area (Å²) >= 11 is 1.76. The lowest BCUT2D eigenvalue weighted by Crippen LogP contribution is -2.02. The van der Waals surface area contributed by atoms with Crippen molar-refractivity contribution in [3.05, 3.63) is 5.82 Å². The smallest absolute Gasteiger partial charge is 0.161 e. The van der Waals surface area contributed by atoms with Crippen LogP contribution in [0.3, 0.4) is 0 Å². The van der Waals surface area contributed by atoms with Gasteiger partial charge in [-0.05, 0) is 30.2 Å². The number of thioether (sulfide) groups is 1. The Bertz CT molecular complexity index is 358. The zero-order valence-corrected chi connectivity index (χ0v) is 8.92. The molecule has 1 aromatic rings. The molecule has 1 heterocycles. The van der Waals surface area contributed by atoms with Crippen LogP contribution in [-0.2, 0) is 5.75 Å². The summed E-state index contributed by atoms with van der Waals surface area (Å²) in [6.45, 7) is 1.86. The number of hydrogen-bond donors (Lipinski definition) is 0. The fourth-order valence-corrected chi connectivity index (χ4v) is 1.90. The van der Waals surface area contributed by atoms with Crippen LogP contribution in [0.15, 0.2) is 0 Å². The third-order valence-electron chi connectivity index (χ3n) is 2.04. The zero-order valence-electron chi connectivity index (χ0n) is 8.10. The minimum atomic E-state index is 0.567. The van der Waals surface area contributed by atoms with Crippen molar-refractivity contribution >= 4 is 11.8 Å². The molecule has 4 nitrogen and oxygen atoms in total. The molecule has 0 saturated heterocycles. The van der Waals surface area contributed by atoms with E-state index in [2.05, 4.69) is 27.4 Å². The van der Waals surface area contributed by atoms with Gasteiger partial charge in [0.15, 0.2) is 5.82 Å². The molecule has 1 fully saturated rings. The van der Waals surface area contributed by atoms with E-state index >= 15 is 0 Å². The molecule has 14 heavy (non-hydrogen) atoms. The number of tetrazole rings is 1. The van der Waals surface area contributed by atoms with Gasteiger partial charge in [0.2, 0.25) is 0 Å². The molecule has 1 aromatic heterocycles. The van der Waals surface area contributed by atoms with Gasteiger partial charge in [0.25, 0.3) is 0 Å². The van der Waals surface area contributed by atoms with Gasteiger partial charge in [-0.15, -0.1) is 22.8 Å². The lowest BCUT2D eigenvalue weighted by atomic mass is 10.6. The van der Waals surface area contributed by atoms with E-state index in [0.717, 1.165) is 17.3 Å². The van der Waals surface area contributed by atoms with Crippen molar-refractivity contribution in [2.75, 3.05) is 5.75 Å². The summed E-state index contributed by atoms with van der Waals surface area (Å²) in [5.74, 6) is 8.57. The van der Waals surface area contributed by atoms with Crippen molar-refractivity contribution in [2.24, 2.45) is 0 Å². The summed E-state index contributed by atoms with van der Waals surface area (Å²) in [5, 5.41) is 11.7. The van der Waals surface area contributed by atoms with E-state index in [1.165, 1.54) is 12.8 Å². The molecule has 0 unspecified atom stereocenters. The van der Waals surface area contributed by atoms with Crippen molar-refractivity contribution in [1.82, 2.24) is 20.2 Å². The van der Waals surface area contributed by atoms with Gasteiger partial charge >= 0.3 is 0 Å². The molecule has 0 aliphatic heterocycles. The Morgan fingerprint density at radius 3 is 3.14 bits per heavy atom. The molecule has 2 rings (SSSR count). The summed E-state index contributed by atoms with van der Waals surface area (Å²) in [5.41, 5.74) is 0. The number of aromatic nitrogens is 4. The minimum absolute atomic E-state index is 0.567. The molecule has 1 saturated carbocycles. The molecule has 0 atom stereocenters. The molecule has 0 N–H and O–H groups in total. The normalized spacial score (nSPS) is 14.9. The van der Waals surface area contributed by atoms with Crippen LogP contribution in [0.2, 0.25) is 0 Å². The highest BCUT2D eigenvalue weighted by atomic mass is 32.2. The van der Waals surface area contributed by atoms with E-state index in [4.69, 9.17) is 0 Å². The molecule has 0 spiro atoms. The van der Waals surface area contributed by atoms with Gasteiger partial charge < -0.3 is 0 Å². The lowest BCUT2D eigenvalue weighted by Gasteiger charge is -1.99. The van der Waals surface area contributed by atoms with E-state index in [-0.39, 0.29) is 0 Å². The predicted molar refractivity (Wildman–Crippen MR) is 55.7 cm³/mol. The first-order valence-electron chi connectivity index (χ1n) is 4.66. The Morgan fingerprint density at radius 2 is 2.43 bits per heavy atom. The topological polar surface area (TPSA) is 43.6 Å². The van der Waals surface area contributed by atoms with E-state index in [0.29, 0.717) is 6.04 Å². The zero-order chi connectivity index (χ0) is 9.80. The molecule has 74 valence electrons. The van der Waals surface area contributed by atoms with Crippen LogP contribution >= 0.6 is 11.8 Å². The molecule has 0 aromatic carbocycles. The predicted octanol–water partition coefficient (Wildman–Crippen LogP) is 1.26.